The van der Waals surface area contributed by atoms with Gasteiger partial charge in [-0.1, -0.05) is 28.1 Å². The smallest absolute Gasteiger partial charge is 0.241 e. The average Bonchev–Trinajstić information content (AvgIpc) is 3.12. The van der Waals surface area contributed by atoms with Gasteiger partial charge in [-0.3, -0.25) is 4.79 Å². The third-order valence-corrected chi connectivity index (χ3v) is 6.25. The van der Waals surface area contributed by atoms with Crippen molar-refractivity contribution >= 4 is 27.5 Å². The van der Waals surface area contributed by atoms with Crippen molar-refractivity contribution in [1.82, 2.24) is 15.8 Å². The zero-order valence-electron chi connectivity index (χ0n) is 16.6. The summed E-state index contributed by atoms with van der Waals surface area (Å²) in [5, 5.41) is 0. The summed E-state index contributed by atoms with van der Waals surface area (Å²) in [6.07, 6.45) is 1.73. The first-order chi connectivity index (χ1) is 14.1. The van der Waals surface area contributed by atoms with E-state index in [1.165, 1.54) is 11.3 Å². The highest BCUT2D eigenvalue weighted by molar-refractivity contribution is 9.10. The molecule has 29 heavy (non-hydrogen) atoms. The lowest BCUT2D eigenvalue weighted by Crippen LogP contribution is -2.46. The normalized spacial score (nSPS) is 22.4. The van der Waals surface area contributed by atoms with E-state index in [1.807, 2.05) is 29.2 Å². The Balaban J connectivity index is 1.34. The molecule has 2 heterocycles. The molecule has 154 valence electrons. The Kier molecular flexibility index (Phi) is 6.37. The van der Waals surface area contributed by atoms with Crippen LogP contribution in [0.3, 0.4) is 0 Å². The molecule has 2 aliphatic heterocycles. The van der Waals surface area contributed by atoms with Gasteiger partial charge in [0.15, 0.2) is 0 Å². The van der Waals surface area contributed by atoms with Crippen LogP contribution in [0.2, 0.25) is 0 Å². The molecule has 2 unspecified atom stereocenters. The summed E-state index contributed by atoms with van der Waals surface area (Å²) in [6, 6.07) is 16.4. The highest BCUT2D eigenvalue weighted by Gasteiger charge is 2.33. The maximum atomic E-state index is 13.1. The monoisotopic (exact) mass is 458 g/mol. The lowest BCUT2D eigenvalue weighted by molar-refractivity contribution is -0.133. The summed E-state index contributed by atoms with van der Waals surface area (Å²) in [5.41, 5.74) is 8.87. The predicted octanol–water partition coefficient (Wildman–Crippen LogP) is 3.10. The maximum absolute atomic E-state index is 13.1. The Morgan fingerprint density at radius 2 is 1.76 bits per heavy atom. The van der Waals surface area contributed by atoms with Crippen molar-refractivity contribution in [3.05, 3.63) is 58.6 Å². The van der Waals surface area contributed by atoms with Crippen LogP contribution in [0.1, 0.15) is 24.4 Å². The Hall–Kier alpha value is -2.09. The van der Waals surface area contributed by atoms with Gasteiger partial charge in [0, 0.05) is 42.4 Å². The molecule has 0 aliphatic carbocycles. The third kappa shape index (κ3) is 4.74. The Morgan fingerprint density at radius 3 is 2.48 bits per heavy atom. The minimum Gasteiger partial charge on any atom is -0.497 e. The number of hydrazine groups is 1. The second-order valence-electron chi connectivity index (χ2n) is 7.55. The standard InChI is InChI=1S/C22H27BrN4O2/c1-29-19-9-7-18(8-10-19)26-11-2-12-27(14-13-26)22(28)21-15-20(24-25-21)16-3-5-17(23)6-4-16/h3-10,20-21,24-25H,2,11-15H2,1H3. The maximum Gasteiger partial charge on any atom is 0.241 e. The van der Waals surface area contributed by atoms with Crippen LogP contribution >= 0.6 is 15.9 Å². The number of hydrogen-bond donors (Lipinski definition) is 2. The first-order valence-corrected chi connectivity index (χ1v) is 10.9. The van der Waals surface area contributed by atoms with Crippen molar-refractivity contribution in [2.45, 2.75) is 24.9 Å². The molecule has 0 bridgehead atoms. The van der Waals surface area contributed by atoms with E-state index in [0.717, 1.165) is 49.2 Å². The van der Waals surface area contributed by atoms with Crippen LogP contribution in [0, 0.1) is 0 Å². The number of carbonyl (C=O) groups is 1. The van der Waals surface area contributed by atoms with Crippen molar-refractivity contribution < 1.29 is 9.53 Å². The van der Waals surface area contributed by atoms with Crippen LogP contribution in [-0.2, 0) is 4.79 Å². The molecule has 1 amide bonds. The summed E-state index contributed by atoms with van der Waals surface area (Å²) in [7, 11) is 1.68. The third-order valence-electron chi connectivity index (χ3n) is 5.72. The Morgan fingerprint density at radius 1 is 1.00 bits per heavy atom. The fourth-order valence-electron chi connectivity index (χ4n) is 4.04. The van der Waals surface area contributed by atoms with Gasteiger partial charge in [0.25, 0.3) is 0 Å². The highest BCUT2D eigenvalue weighted by atomic mass is 79.9. The van der Waals surface area contributed by atoms with Crippen molar-refractivity contribution in [3.63, 3.8) is 0 Å². The van der Waals surface area contributed by atoms with Crippen molar-refractivity contribution in [3.8, 4) is 5.75 Å². The van der Waals surface area contributed by atoms with E-state index >= 15 is 0 Å². The van der Waals surface area contributed by atoms with Crippen LogP contribution in [0.4, 0.5) is 5.69 Å². The number of nitrogens with zero attached hydrogens (tertiary/aromatic N) is 2. The Bertz CT molecular complexity index is 828. The highest BCUT2D eigenvalue weighted by Crippen LogP contribution is 2.25. The molecule has 6 nitrogen and oxygen atoms in total. The van der Waals surface area contributed by atoms with E-state index < -0.39 is 0 Å². The van der Waals surface area contributed by atoms with Crippen LogP contribution < -0.4 is 20.5 Å². The van der Waals surface area contributed by atoms with Crippen LogP contribution in [-0.4, -0.2) is 50.1 Å². The fourth-order valence-corrected chi connectivity index (χ4v) is 4.31. The fraction of sp³-hybridized carbons (Fsp3) is 0.409. The van der Waals surface area contributed by atoms with Gasteiger partial charge in [-0.05, 0) is 54.8 Å². The van der Waals surface area contributed by atoms with Crippen LogP contribution in [0.25, 0.3) is 0 Å². The molecule has 2 aromatic carbocycles. The second-order valence-corrected chi connectivity index (χ2v) is 8.46. The van der Waals surface area contributed by atoms with E-state index in [9.17, 15) is 4.79 Å². The molecule has 2 aromatic rings. The van der Waals surface area contributed by atoms with Gasteiger partial charge < -0.3 is 14.5 Å². The minimum atomic E-state index is -0.184. The molecule has 2 atom stereocenters. The molecule has 2 fully saturated rings. The zero-order valence-corrected chi connectivity index (χ0v) is 18.2. The van der Waals surface area contributed by atoms with Crippen LogP contribution in [0.5, 0.6) is 5.75 Å². The Labute approximate surface area is 180 Å². The number of hydrogen-bond acceptors (Lipinski definition) is 5. The quantitative estimate of drug-likeness (QED) is 0.736. The summed E-state index contributed by atoms with van der Waals surface area (Å²) in [6.45, 7) is 3.33. The van der Waals surface area contributed by atoms with Gasteiger partial charge in [0.1, 0.15) is 11.8 Å². The van der Waals surface area contributed by atoms with E-state index in [2.05, 4.69) is 55.9 Å². The number of rotatable bonds is 4. The van der Waals surface area contributed by atoms with E-state index in [1.54, 1.807) is 7.11 Å². The molecule has 0 aromatic heterocycles. The summed E-state index contributed by atoms with van der Waals surface area (Å²) in [5.74, 6) is 1.05. The number of halogens is 1. The van der Waals surface area contributed by atoms with Gasteiger partial charge >= 0.3 is 0 Å². The first kappa shape index (κ1) is 20.2. The van der Waals surface area contributed by atoms with Crippen molar-refractivity contribution in [2.24, 2.45) is 0 Å². The molecule has 0 spiro atoms. The van der Waals surface area contributed by atoms with Crippen molar-refractivity contribution in [1.29, 1.82) is 0 Å². The summed E-state index contributed by atoms with van der Waals surface area (Å²) < 4.78 is 6.31. The van der Waals surface area contributed by atoms with Gasteiger partial charge in [0.2, 0.25) is 5.91 Å². The van der Waals surface area contributed by atoms with Gasteiger partial charge in [-0.2, -0.15) is 0 Å². The number of amides is 1. The van der Waals surface area contributed by atoms with Crippen LogP contribution in [0.15, 0.2) is 53.0 Å². The molecule has 4 rings (SSSR count). The SMILES string of the molecule is COc1ccc(N2CCCN(C(=O)C3CC(c4ccc(Br)cc4)NN3)CC2)cc1. The number of carbonyl (C=O) groups excluding carboxylic acids is 1. The topological polar surface area (TPSA) is 56.8 Å². The molecule has 7 heteroatoms. The van der Waals surface area contributed by atoms with Gasteiger partial charge in [-0.15, -0.1) is 0 Å². The molecule has 0 radical (unpaired) electrons. The average molecular weight is 459 g/mol. The molecule has 0 saturated carbocycles. The first-order valence-electron chi connectivity index (χ1n) is 10.1. The number of benzene rings is 2. The molecular weight excluding hydrogens is 432 g/mol. The summed E-state index contributed by atoms with van der Waals surface area (Å²) >= 11 is 3.47. The number of anilines is 1. The van der Waals surface area contributed by atoms with Gasteiger partial charge in [0.05, 0.1) is 7.11 Å². The molecular formula is C22H27BrN4O2. The van der Waals surface area contributed by atoms with Gasteiger partial charge in [-0.25, -0.2) is 10.9 Å². The lowest BCUT2D eigenvalue weighted by atomic mass is 10.0. The molecule has 2 aliphatic rings. The number of nitrogens with one attached hydrogen (secondary N) is 2. The minimum absolute atomic E-state index is 0.153. The largest absolute Gasteiger partial charge is 0.497 e. The van der Waals surface area contributed by atoms with E-state index in [0.29, 0.717) is 0 Å². The summed E-state index contributed by atoms with van der Waals surface area (Å²) in [4.78, 5) is 17.4. The zero-order chi connectivity index (χ0) is 20.2. The van der Waals surface area contributed by atoms with E-state index in [4.69, 9.17) is 4.74 Å². The van der Waals surface area contributed by atoms with Crippen molar-refractivity contribution in [2.75, 3.05) is 38.2 Å². The molecule has 2 saturated heterocycles. The lowest BCUT2D eigenvalue weighted by Gasteiger charge is -2.25. The van der Waals surface area contributed by atoms with E-state index in [-0.39, 0.29) is 18.0 Å². The number of ether oxygens (including phenoxy) is 1. The predicted molar refractivity (Wildman–Crippen MR) is 118 cm³/mol. The molecule has 2 N–H and O–H groups in total. The number of methoxy groups -OCH3 is 1. The second kappa shape index (κ2) is 9.15.